The summed E-state index contributed by atoms with van der Waals surface area (Å²) in [5.41, 5.74) is 1.69. The van der Waals surface area contributed by atoms with Gasteiger partial charge in [-0.15, -0.1) is 0 Å². The van der Waals surface area contributed by atoms with Crippen molar-refractivity contribution in [3.63, 3.8) is 0 Å². The van der Waals surface area contributed by atoms with Crippen molar-refractivity contribution in [3.8, 4) is 0 Å². The Morgan fingerprint density at radius 1 is 1.06 bits per heavy atom. The lowest BCUT2D eigenvalue weighted by molar-refractivity contribution is -0.160. The first kappa shape index (κ1) is 29.7. The minimum absolute atomic E-state index is 0.0667. The predicted octanol–water partition coefficient (Wildman–Crippen LogP) is 2.66. The predicted molar refractivity (Wildman–Crippen MR) is 141 cm³/mol. The summed E-state index contributed by atoms with van der Waals surface area (Å²) in [6.07, 6.45) is 1.55. The SMILES string of the molecule is CCOC(=O)CNC(CC(C)NC(OCC)OCC)C(=O)NCCNc1ccnc2cc(Cl)ccc12. The number of nitrogens with one attached hydrogen (secondary N) is 4. The molecule has 0 saturated heterocycles. The van der Waals surface area contributed by atoms with Crippen LogP contribution in [0.3, 0.4) is 0 Å². The van der Waals surface area contributed by atoms with E-state index in [1.165, 1.54) is 0 Å². The Labute approximate surface area is 217 Å². The summed E-state index contributed by atoms with van der Waals surface area (Å²) in [4.78, 5) is 29.2. The van der Waals surface area contributed by atoms with Gasteiger partial charge in [0.2, 0.25) is 12.3 Å². The molecule has 1 amide bonds. The Balaban J connectivity index is 1.93. The first-order valence-electron chi connectivity index (χ1n) is 12.3. The number of hydrogen-bond acceptors (Lipinski definition) is 9. The number of aromatic nitrogens is 1. The number of amides is 1. The van der Waals surface area contributed by atoms with Crippen LogP contribution >= 0.6 is 11.6 Å². The van der Waals surface area contributed by atoms with E-state index in [9.17, 15) is 9.59 Å². The first-order valence-corrected chi connectivity index (χ1v) is 12.7. The number of hydrogen-bond donors (Lipinski definition) is 4. The number of rotatable bonds is 17. The number of ether oxygens (including phenoxy) is 3. The van der Waals surface area contributed by atoms with Crippen molar-refractivity contribution in [1.29, 1.82) is 0 Å². The molecule has 2 aromatic rings. The highest BCUT2D eigenvalue weighted by atomic mass is 35.5. The van der Waals surface area contributed by atoms with E-state index in [0.29, 0.717) is 37.7 Å². The quantitative estimate of drug-likeness (QED) is 0.141. The van der Waals surface area contributed by atoms with Crippen LogP contribution in [0.25, 0.3) is 10.9 Å². The molecule has 200 valence electrons. The number of esters is 1. The highest BCUT2D eigenvalue weighted by Gasteiger charge is 2.23. The molecule has 1 aromatic carbocycles. The monoisotopic (exact) mass is 523 g/mol. The second kappa shape index (κ2) is 16.3. The van der Waals surface area contributed by atoms with Crippen LogP contribution in [0, 0.1) is 0 Å². The molecule has 0 aliphatic carbocycles. The van der Waals surface area contributed by atoms with Crippen LogP contribution < -0.4 is 21.3 Å². The van der Waals surface area contributed by atoms with E-state index < -0.39 is 18.4 Å². The van der Waals surface area contributed by atoms with Gasteiger partial charge in [0.15, 0.2) is 0 Å². The Morgan fingerprint density at radius 3 is 2.50 bits per heavy atom. The molecule has 1 aromatic heterocycles. The third kappa shape index (κ3) is 10.2. The molecule has 0 radical (unpaired) electrons. The van der Waals surface area contributed by atoms with Gasteiger partial charge in [0.1, 0.15) is 0 Å². The summed E-state index contributed by atoms with van der Waals surface area (Å²) < 4.78 is 16.1. The van der Waals surface area contributed by atoms with Crippen LogP contribution in [0.15, 0.2) is 30.5 Å². The molecule has 0 fully saturated rings. The summed E-state index contributed by atoms with van der Waals surface area (Å²) in [6, 6.07) is 6.65. The van der Waals surface area contributed by atoms with Gasteiger partial charge in [-0.05, 0) is 58.4 Å². The Kier molecular flexibility index (Phi) is 13.4. The molecule has 0 spiro atoms. The molecular formula is C25H38ClN5O5. The normalized spacial score (nSPS) is 12.9. The molecule has 4 N–H and O–H groups in total. The molecule has 0 saturated carbocycles. The highest BCUT2D eigenvalue weighted by Crippen LogP contribution is 2.24. The average molecular weight is 524 g/mol. The fraction of sp³-hybridized carbons (Fsp3) is 0.560. The summed E-state index contributed by atoms with van der Waals surface area (Å²) in [5.74, 6) is -0.630. The molecule has 2 rings (SSSR count). The van der Waals surface area contributed by atoms with Gasteiger partial charge in [0, 0.05) is 54.6 Å². The lowest BCUT2D eigenvalue weighted by Crippen LogP contribution is -2.51. The van der Waals surface area contributed by atoms with Gasteiger partial charge >= 0.3 is 5.97 Å². The maximum atomic E-state index is 13.0. The van der Waals surface area contributed by atoms with E-state index in [-0.39, 0.29) is 25.1 Å². The number of anilines is 1. The van der Waals surface area contributed by atoms with Crippen LogP contribution in [0.2, 0.25) is 5.02 Å². The number of carbonyl (C=O) groups excluding carboxylic acids is 2. The molecular weight excluding hydrogens is 486 g/mol. The summed E-state index contributed by atoms with van der Waals surface area (Å²) in [7, 11) is 0. The van der Waals surface area contributed by atoms with Gasteiger partial charge < -0.3 is 24.8 Å². The number of halogens is 1. The number of nitrogens with zero attached hydrogens (tertiary/aromatic N) is 1. The second-order valence-corrected chi connectivity index (χ2v) is 8.46. The van der Waals surface area contributed by atoms with E-state index in [2.05, 4.69) is 26.3 Å². The third-order valence-corrected chi connectivity index (χ3v) is 5.44. The van der Waals surface area contributed by atoms with Crippen LogP contribution in [0.5, 0.6) is 0 Å². The number of carbonyl (C=O) groups is 2. The van der Waals surface area contributed by atoms with Crippen molar-refractivity contribution in [2.45, 2.75) is 52.6 Å². The fourth-order valence-corrected chi connectivity index (χ4v) is 3.75. The third-order valence-electron chi connectivity index (χ3n) is 5.21. The van der Waals surface area contributed by atoms with E-state index in [4.69, 9.17) is 25.8 Å². The molecule has 0 aliphatic rings. The largest absolute Gasteiger partial charge is 0.465 e. The highest BCUT2D eigenvalue weighted by molar-refractivity contribution is 6.31. The van der Waals surface area contributed by atoms with E-state index in [1.807, 2.05) is 39.0 Å². The molecule has 1 heterocycles. The van der Waals surface area contributed by atoms with Crippen LogP contribution in [0.4, 0.5) is 5.69 Å². The van der Waals surface area contributed by atoms with Crippen LogP contribution in [-0.2, 0) is 23.8 Å². The minimum Gasteiger partial charge on any atom is -0.465 e. The van der Waals surface area contributed by atoms with Gasteiger partial charge in [0.25, 0.3) is 0 Å². The van der Waals surface area contributed by atoms with Crippen LogP contribution in [-0.4, -0.2) is 74.8 Å². The lowest BCUT2D eigenvalue weighted by atomic mass is 10.1. The second-order valence-electron chi connectivity index (χ2n) is 8.02. The maximum absolute atomic E-state index is 13.0. The van der Waals surface area contributed by atoms with Crippen molar-refractivity contribution in [3.05, 3.63) is 35.5 Å². The van der Waals surface area contributed by atoms with Crippen molar-refractivity contribution in [1.82, 2.24) is 20.9 Å². The summed E-state index contributed by atoms with van der Waals surface area (Å²) >= 11 is 6.06. The average Bonchev–Trinajstić information content (AvgIpc) is 2.84. The van der Waals surface area contributed by atoms with Crippen molar-refractivity contribution in [2.24, 2.45) is 0 Å². The standard InChI is InChI=1S/C25H38ClN5O5/c1-5-34-23(32)16-30-22(14-17(4)31-25(35-6-2)36-7-3)24(33)29-13-12-28-20-10-11-27-21-15-18(26)8-9-19(20)21/h8-11,15,17,22,25,30-31H,5-7,12-14,16H2,1-4H3,(H,27,28)(H,29,33). The summed E-state index contributed by atoms with van der Waals surface area (Å²) in [5, 5.41) is 14.1. The van der Waals surface area contributed by atoms with Gasteiger partial charge in [-0.2, -0.15) is 0 Å². The molecule has 10 nitrogen and oxygen atoms in total. The Hall–Kier alpha value is -2.50. The molecule has 0 aliphatic heterocycles. The van der Waals surface area contributed by atoms with Gasteiger partial charge in [-0.1, -0.05) is 11.6 Å². The van der Waals surface area contributed by atoms with Gasteiger partial charge in [-0.3, -0.25) is 25.2 Å². The number of fused-ring (bicyclic) bond motifs is 1. The van der Waals surface area contributed by atoms with E-state index in [0.717, 1.165) is 16.6 Å². The lowest BCUT2D eigenvalue weighted by Gasteiger charge is -2.26. The Bertz CT molecular complexity index is 958. The number of pyridine rings is 1. The zero-order valence-corrected chi connectivity index (χ0v) is 22.2. The van der Waals surface area contributed by atoms with E-state index in [1.54, 1.807) is 19.2 Å². The fourth-order valence-electron chi connectivity index (χ4n) is 3.58. The zero-order chi connectivity index (χ0) is 26.3. The van der Waals surface area contributed by atoms with Crippen molar-refractivity contribution < 1.29 is 23.8 Å². The van der Waals surface area contributed by atoms with Crippen LogP contribution in [0.1, 0.15) is 34.1 Å². The van der Waals surface area contributed by atoms with Crippen molar-refractivity contribution in [2.75, 3.05) is 44.8 Å². The summed E-state index contributed by atoms with van der Waals surface area (Å²) in [6.45, 7) is 9.51. The number of benzene rings is 1. The molecule has 0 bridgehead atoms. The Morgan fingerprint density at radius 2 is 1.81 bits per heavy atom. The molecule has 2 atom stereocenters. The van der Waals surface area contributed by atoms with E-state index >= 15 is 0 Å². The van der Waals surface area contributed by atoms with Crippen molar-refractivity contribution >= 4 is 40.1 Å². The molecule has 2 unspecified atom stereocenters. The zero-order valence-electron chi connectivity index (χ0n) is 21.4. The van der Waals surface area contributed by atoms with Gasteiger partial charge in [0.05, 0.1) is 24.7 Å². The first-order chi connectivity index (χ1) is 17.4. The topological polar surface area (TPSA) is 123 Å². The van der Waals surface area contributed by atoms with Gasteiger partial charge in [-0.25, -0.2) is 0 Å². The molecule has 36 heavy (non-hydrogen) atoms. The molecule has 11 heteroatoms. The smallest absolute Gasteiger partial charge is 0.319 e. The maximum Gasteiger partial charge on any atom is 0.319 e. The minimum atomic E-state index is -0.621.